The molecule has 0 saturated heterocycles. The van der Waals surface area contributed by atoms with Gasteiger partial charge in [-0.3, -0.25) is 9.59 Å². The Labute approximate surface area is 138 Å². The van der Waals surface area contributed by atoms with Crippen molar-refractivity contribution in [3.63, 3.8) is 0 Å². The van der Waals surface area contributed by atoms with Crippen LogP contribution in [0.1, 0.15) is 25.2 Å². The Morgan fingerprint density at radius 3 is 2.79 bits per heavy atom. The second kappa shape index (κ2) is 7.25. The lowest BCUT2D eigenvalue weighted by molar-refractivity contribution is -0.126. The predicted octanol–water partition coefficient (Wildman–Crippen LogP) is 1.81. The lowest BCUT2D eigenvalue weighted by Crippen LogP contribution is -2.37. The molecule has 0 unspecified atom stereocenters. The molecular formula is C17H18FN3O3. The molecule has 1 aliphatic carbocycles. The van der Waals surface area contributed by atoms with Gasteiger partial charge in [-0.25, -0.2) is 9.37 Å². The van der Waals surface area contributed by atoms with Crippen LogP contribution in [0.2, 0.25) is 0 Å². The number of nitrogens with one attached hydrogen (secondary N) is 2. The number of rotatable bonds is 7. The molecule has 126 valence electrons. The Morgan fingerprint density at radius 1 is 1.25 bits per heavy atom. The van der Waals surface area contributed by atoms with E-state index >= 15 is 0 Å². The van der Waals surface area contributed by atoms with Gasteiger partial charge < -0.3 is 15.1 Å². The molecule has 6 nitrogen and oxygen atoms in total. The monoisotopic (exact) mass is 331 g/mol. The second-order valence-electron chi connectivity index (χ2n) is 5.72. The predicted molar refractivity (Wildman–Crippen MR) is 84.4 cm³/mol. The van der Waals surface area contributed by atoms with Crippen molar-refractivity contribution < 1.29 is 18.4 Å². The molecule has 0 bridgehead atoms. The van der Waals surface area contributed by atoms with Crippen molar-refractivity contribution in [2.24, 2.45) is 0 Å². The van der Waals surface area contributed by atoms with Crippen LogP contribution in [-0.2, 0) is 16.0 Å². The van der Waals surface area contributed by atoms with E-state index in [-0.39, 0.29) is 43.1 Å². The van der Waals surface area contributed by atoms with Crippen molar-refractivity contribution >= 4 is 11.8 Å². The van der Waals surface area contributed by atoms with E-state index in [1.54, 1.807) is 18.2 Å². The highest BCUT2D eigenvalue weighted by Crippen LogP contribution is 2.23. The highest BCUT2D eigenvalue weighted by Gasteiger charge is 2.23. The lowest BCUT2D eigenvalue weighted by Gasteiger charge is -2.05. The van der Waals surface area contributed by atoms with Crippen molar-refractivity contribution in [2.75, 3.05) is 6.54 Å². The van der Waals surface area contributed by atoms with Crippen molar-refractivity contribution in [3.8, 4) is 11.3 Å². The van der Waals surface area contributed by atoms with Crippen LogP contribution < -0.4 is 10.6 Å². The second-order valence-corrected chi connectivity index (χ2v) is 5.72. The Balaban J connectivity index is 1.45. The number of aromatic nitrogens is 1. The zero-order valence-corrected chi connectivity index (χ0v) is 13.0. The summed E-state index contributed by atoms with van der Waals surface area (Å²) in [5.74, 6) is -0.145. The molecule has 3 rings (SSSR count). The summed E-state index contributed by atoms with van der Waals surface area (Å²) in [6.07, 6.45) is 3.88. The van der Waals surface area contributed by atoms with E-state index in [0.29, 0.717) is 17.2 Å². The van der Waals surface area contributed by atoms with Crippen molar-refractivity contribution in [1.29, 1.82) is 0 Å². The molecule has 0 spiro atoms. The number of carbonyl (C=O) groups is 2. The van der Waals surface area contributed by atoms with Gasteiger partial charge in [0.25, 0.3) is 0 Å². The summed E-state index contributed by atoms with van der Waals surface area (Å²) in [5, 5.41) is 5.34. The Morgan fingerprint density at radius 2 is 2.04 bits per heavy atom. The van der Waals surface area contributed by atoms with Gasteiger partial charge >= 0.3 is 0 Å². The molecule has 1 aromatic heterocycles. The van der Waals surface area contributed by atoms with Crippen molar-refractivity contribution in [2.45, 2.75) is 31.7 Å². The smallest absolute Gasteiger partial charge is 0.239 e. The summed E-state index contributed by atoms with van der Waals surface area (Å²) < 4.78 is 19.2. The Hall–Kier alpha value is -2.70. The minimum atomic E-state index is -0.389. The summed E-state index contributed by atoms with van der Waals surface area (Å²) >= 11 is 0. The number of hydrogen-bond acceptors (Lipinski definition) is 4. The van der Waals surface area contributed by atoms with Crippen LogP contribution >= 0.6 is 0 Å². The molecule has 2 amide bonds. The van der Waals surface area contributed by atoms with Crippen LogP contribution in [0.5, 0.6) is 0 Å². The van der Waals surface area contributed by atoms with Crippen molar-refractivity contribution in [1.82, 2.24) is 15.6 Å². The fourth-order valence-corrected chi connectivity index (χ4v) is 2.21. The summed E-state index contributed by atoms with van der Waals surface area (Å²) in [6.45, 7) is -0.0264. The maximum Gasteiger partial charge on any atom is 0.239 e. The number of amides is 2. The third-order valence-electron chi connectivity index (χ3n) is 3.65. The van der Waals surface area contributed by atoms with Gasteiger partial charge in [0, 0.05) is 18.9 Å². The van der Waals surface area contributed by atoms with E-state index in [1.807, 2.05) is 0 Å². The Bertz CT molecular complexity index is 740. The average molecular weight is 331 g/mol. The molecule has 0 aliphatic heterocycles. The molecule has 1 aliphatic rings. The zero-order valence-electron chi connectivity index (χ0n) is 13.0. The summed E-state index contributed by atoms with van der Waals surface area (Å²) in [4.78, 5) is 27.3. The van der Waals surface area contributed by atoms with Crippen LogP contribution in [0.25, 0.3) is 11.3 Å². The molecule has 1 fully saturated rings. The van der Waals surface area contributed by atoms with Gasteiger partial charge in [0.1, 0.15) is 5.82 Å². The summed E-state index contributed by atoms with van der Waals surface area (Å²) in [6, 6.07) is 6.53. The normalized spacial score (nSPS) is 13.5. The number of carbonyl (C=O) groups excluding carboxylic acids is 2. The molecule has 0 atom stereocenters. The Kier molecular flexibility index (Phi) is 4.88. The van der Waals surface area contributed by atoms with Gasteiger partial charge in [-0.15, -0.1) is 0 Å². The van der Waals surface area contributed by atoms with Gasteiger partial charge in [0.15, 0.2) is 11.7 Å². The van der Waals surface area contributed by atoms with E-state index in [9.17, 15) is 14.0 Å². The molecule has 1 saturated carbocycles. The minimum absolute atomic E-state index is 0.0264. The van der Waals surface area contributed by atoms with Gasteiger partial charge in [0.2, 0.25) is 11.8 Å². The highest BCUT2D eigenvalue weighted by atomic mass is 19.1. The lowest BCUT2D eigenvalue weighted by atomic mass is 10.2. The largest absolute Gasteiger partial charge is 0.441 e. The van der Waals surface area contributed by atoms with Crippen LogP contribution in [-0.4, -0.2) is 29.4 Å². The van der Waals surface area contributed by atoms with Crippen LogP contribution in [0.3, 0.4) is 0 Å². The van der Waals surface area contributed by atoms with Crippen LogP contribution in [0.15, 0.2) is 34.9 Å². The van der Waals surface area contributed by atoms with Gasteiger partial charge in [-0.2, -0.15) is 0 Å². The number of nitrogens with zero attached hydrogens (tertiary/aromatic N) is 1. The summed E-state index contributed by atoms with van der Waals surface area (Å²) in [5.41, 5.74) is 0.331. The number of benzene rings is 1. The van der Waals surface area contributed by atoms with Crippen LogP contribution in [0.4, 0.5) is 4.39 Å². The third kappa shape index (κ3) is 4.41. The third-order valence-corrected chi connectivity index (χ3v) is 3.65. The quantitative estimate of drug-likeness (QED) is 0.810. The van der Waals surface area contributed by atoms with E-state index in [1.165, 1.54) is 12.3 Å². The van der Waals surface area contributed by atoms with Crippen LogP contribution in [0, 0.1) is 5.82 Å². The molecule has 0 radical (unpaired) electrons. The van der Waals surface area contributed by atoms with Crippen molar-refractivity contribution in [3.05, 3.63) is 42.2 Å². The SMILES string of the molecule is O=C(CCc1ncc(-c2ccccc2F)o1)NCC(=O)NC1CC1. The first-order valence-electron chi connectivity index (χ1n) is 7.87. The first-order valence-corrected chi connectivity index (χ1v) is 7.87. The maximum absolute atomic E-state index is 13.7. The molecule has 1 heterocycles. The average Bonchev–Trinajstić information content (AvgIpc) is 3.26. The number of hydrogen-bond donors (Lipinski definition) is 2. The fraction of sp³-hybridized carbons (Fsp3) is 0.353. The zero-order chi connectivity index (χ0) is 16.9. The molecular weight excluding hydrogens is 313 g/mol. The fourth-order valence-electron chi connectivity index (χ4n) is 2.21. The van der Waals surface area contributed by atoms with Gasteiger partial charge in [-0.1, -0.05) is 12.1 Å². The first kappa shape index (κ1) is 16.2. The highest BCUT2D eigenvalue weighted by molar-refractivity contribution is 5.85. The number of halogens is 1. The molecule has 2 N–H and O–H groups in total. The number of oxazole rings is 1. The van der Waals surface area contributed by atoms with E-state index in [4.69, 9.17) is 4.42 Å². The number of aryl methyl sites for hydroxylation is 1. The van der Waals surface area contributed by atoms with E-state index < -0.39 is 0 Å². The van der Waals surface area contributed by atoms with E-state index in [2.05, 4.69) is 15.6 Å². The topological polar surface area (TPSA) is 84.2 Å². The van der Waals surface area contributed by atoms with Gasteiger partial charge in [-0.05, 0) is 25.0 Å². The standard InChI is InChI=1S/C17H18FN3O3/c18-13-4-2-1-3-12(13)14-9-20-17(24-14)8-7-15(22)19-10-16(23)21-11-5-6-11/h1-4,9,11H,5-8,10H2,(H,19,22)(H,21,23). The maximum atomic E-state index is 13.7. The molecule has 1 aromatic carbocycles. The molecule has 24 heavy (non-hydrogen) atoms. The van der Waals surface area contributed by atoms with Gasteiger partial charge in [0.05, 0.1) is 18.3 Å². The first-order chi connectivity index (χ1) is 11.6. The summed E-state index contributed by atoms with van der Waals surface area (Å²) in [7, 11) is 0. The van der Waals surface area contributed by atoms with E-state index in [0.717, 1.165) is 12.8 Å². The minimum Gasteiger partial charge on any atom is -0.441 e. The molecule has 2 aromatic rings. The molecule has 7 heteroatoms.